The van der Waals surface area contributed by atoms with Crippen LogP contribution in [0.4, 0.5) is 5.69 Å². The van der Waals surface area contributed by atoms with E-state index in [0.717, 1.165) is 31.4 Å². The van der Waals surface area contributed by atoms with Crippen LogP contribution < -0.4 is 5.32 Å². The lowest BCUT2D eigenvalue weighted by molar-refractivity contribution is -0.120. The van der Waals surface area contributed by atoms with E-state index in [4.69, 9.17) is 5.11 Å². The molecule has 0 unspecified atom stereocenters. The van der Waals surface area contributed by atoms with Crippen LogP contribution in [0.15, 0.2) is 24.3 Å². The van der Waals surface area contributed by atoms with Crippen LogP contribution in [0.5, 0.6) is 0 Å². The van der Waals surface area contributed by atoms with Crippen LogP contribution in [0.25, 0.3) is 0 Å². The van der Waals surface area contributed by atoms with Gasteiger partial charge in [-0.05, 0) is 37.1 Å². The first-order valence-electron chi connectivity index (χ1n) is 6.27. The third-order valence-corrected chi connectivity index (χ3v) is 3.41. The Kier molecular flexibility index (Phi) is 3.97. The Labute approximate surface area is 106 Å². The van der Waals surface area contributed by atoms with Gasteiger partial charge in [-0.15, -0.1) is 0 Å². The number of hydrogen-bond acceptors (Lipinski definition) is 3. The van der Waals surface area contributed by atoms with E-state index in [9.17, 15) is 9.59 Å². The highest BCUT2D eigenvalue weighted by molar-refractivity contribution is 5.88. The van der Waals surface area contributed by atoms with Gasteiger partial charge in [-0.2, -0.15) is 0 Å². The largest absolute Gasteiger partial charge is 0.478 e. The molecule has 96 valence electrons. The number of nitrogens with one attached hydrogen (secondary N) is 1. The van der Waals surface area contributed by atoms with Crippen molar-refractivity contribution in [3.05, 3.63) is 29.8 Å². The van der Waals surface area contributed by atoms with Gasteiger partial charge in [0.1, 0.15) is 0 Å². The van der Waals surface area contributed by atoms with Gasteiger partial charge < -0.3 is 10.4 Å². The molecule has 0 saturated heterocycles. The monoisotopic (exact) mass is 247 g/mol. The molecule has 0 atom stereocenters. The Morgan fingerprint density at radius 1 is 1.17 bits per heavy atom. The third kappa shape index (κ3) is 3.09. The first-order chi connectivity index (χ1) is 8.66. The minimum atomic E-state index is -0.941. The molecule has 0 aromatic heterocycles. The summed E-state index contributed by atoms with van der Waals surface area (Å²) >= 11 is 0. The average molecular weight is 247 g/mol. The van der Waals surface area contributed by atoms with Gasteiger partial charge in [0.25, 0.3) is 0 Å². The van der Waals surface area contributed by atoms with Crippen molar-refractivity contribution in [1.82, 2.24) is 0 Å². The predicted molar refractivity (Wildman–Crippen MR) is 68.9 cm³/mol. The number of aromatic carboxylic acids is 1. The minimum absolute atomic E-state index is 0.218. The second kappa shape index (κ2) is 5.67. The highest BCUT2D eigenvalue weighted by Gasteiger charge is 2.21. The number of Topliss-reactive ketones (excluding diaryl/α,β-unsaturated/α-hetero) is 1. The highest BCUT2D eigenvalue weighted by atomic mass is 16.4. The quantitative estimate of drug-likeness (QED) is 0.839. The van der Waals surface area contributed by atoms with Crippen LogP contribution >= 0.6 is 0 Å². The van der Waals surface area contributed by atoms with Crippen molar-refractivity contribution in [2.75, 3.05) is 11.9 Å². The molecule has 1 aliphatic carbocycles. The van der Waals surface area contributed by atoms with E-state index >= 15 is 0 Å². The molecule has 0 bridgehead atoms. The van der Waals surface area contributed by atoms with Crippen molar-refractivity contribution >= 4 is 17.4 Å². The van der Waals surface area contributed by atoms with E-state index < -0.39 is 5.97 Å². The molecule has 2 rings (SSSR count). The molecule has 1 saturated carbocycles. The van der Waals surface area contributed by atoms with E-state index in [0.29, 0.717) is 6.54 Å². The molecule has 1 aliphatic rings. The lowest BCUT2D eigenvalue weighted by Crippen LogP contribution is -2.20. The molecule has 4 heteroatoms. The van der Waals surface area contributed by atoms with Crippen molar-refractivity contribution in [3.8, 4) is 0 Å². The zero-order chi connectivity index (χ0) is 13.0. The summed E-state index contributed by atoms with van der Waals surface area (Å²) in [6.07, 6.45) is 4.34. The van der Waals surface area contributed by atoms with Crippen molar-refractivity contribution in [2.45, 2.75) is 25.7 Å². The molecule has 4 nitrogen and oxygen atoms in total. The summed E-state index contributed by atoms with van der Waals surface area (Å²) in [7, 11) is 0. The minimum Gasteiger partial charge on any atom is -0.478 e. The van der Waals surface area contributed by atoms with Crippen molar-refractivity contribution < 1.29 is 14.7 Å². The van der Waals surface area contributed by atoms with Gasteiger partial charge in [-0.1, -0.05) is 12.8 Å². The first kappa shape index (κ1) is 12.6. The lowest BCUT2D eigenvalue weighted by Gasteiger charge is -2.10. The maximum atomic E-state index is 11.8. The Morgan fingerprint density at radius 3 is 2.33 bits per heavy atom. The van der Waals surface area contributed by atoms with Crippen LogP contribution in [0.1, 0.15) is 36.0 Å². The number of carbonyl (C=O) groups is 2. The average Bonchev–Trinajstić information content (AvgIpc) is 2.90. The van der Waals surface area contributed by atoms with Crippen molar-refractivity contribution in [3.63, 3.8) is 0 Å². The number of carboxylic acids is 1. The van der Waals surface area contributed by atoms with Gasteiger partial charge in [0.05, 0.1) is 12.1 Å². The van der Waals surface area contributed by atoms with E-state index in [-0.39, 0.29) is 17.3 Å². The van der Waals surface area contributed by atoms with E-state index in [2.05, 4.69) is 5.32 Å². The molecular formula is C14H17NO3. The zero-order valence-corrected chi connectivity index (χ0v) is 10.2. The Balaban J connectivity index is 1.86. The van der Waals surface area contributed by atoms with Gasteiger partial charge in [-0.25, -0.2) is 4.79 Å². The van der Waals surface area contributed by atoms with Crippen LogP contribution in [0.3, 0.4) is 0 Å². The van der Waals surface area contributed by atoms with E-state index in [1.807, 2.05) is 0 Å². The Hall–Kier alpha value is -1.84. The summed E-state index contributed by atoms with van der Waals surface area (Å²) in [4.78, 5) is 22.5. The fraction of sp³-hybridized carbons (Fsp3) is 0.429. The molecule has 2 N–H and O–H groups in total. The first-order valence-corrected chi connectivity index (χ1v) is 6.27. The molecule has 0 heterocycles. The lowest BCUT2D eigenvalue weighted by atomic mass is 10.0. The SMILES string of the molecule is O=C(O)c1ccc(NCC(=O)C2CCCC2)cc1. The van der Waals surface area contributed by atoms with Crippen LogP contribution in [-0.2, 0) is 4.79 Å². The fourth-order valence-electron chi connectivity index (χ4n) is 2.31. The Morgan fingerprint density at radius 2 is 1.78 bits per heavy atom. The zero-order valence-electron chi connectivity index (χ0n) is 10.2. The summed E-state index contributed by atoms with van der Waals surface area (Å²) < 4.78 is 0. The summed E-state index contributed by atoms with van der Waals surface area (Å²) in [5.74, 6) is -0.464. The molecule has 1 fully saturated rings. The topological polar surface area (TPSA) is 66.4 Å². The number of benzene rings is 1. The second-order valence-corrected chi connectivity index (χ2v) is 4.68. The van der Waals surface area contributed by atoms with E-state index in [1.54, 1.807) is 12.1 Å². The van der Waals surface area contributed by atoms with Crippen LogP contribution in [-0.4, -0.2) is 23.4 Å². The molecule has 1 aromatic carbocycles. The molecular weight excluding hydrogens is 230 g/mol. The standard InChI is InChI=1S/C14H17NO3/c16-13(10-3-1-2-4-10)9-15-12-7-5-11(6-8-12)14(17)18/h5-8,10,15H,1-4,9H2,(H,17,18). The van der Waals surface area contributed by atoms with Crippen LogP contribution in [0.2, 0.25) is 0 Å². The smallest absolute Gasteiger partial charge is 0.335 e. The Bertz CT molecular complexity index is 433. The third-order valence-electron chi connectivity index (χ3n) is 3.41. The number of carboxylic acid groups (broad SMARTS) is 1. The molecule has 1 aromatic rings. The van der Waals surface area contributed by atoms with Crippen molar-refractivity contribution in [1.29, 1.82) is 0 Å². The number of carbonyl (C=O) groups excluding carboxylic acids is 1. The number of rotatable bonds is 5. The molecule has 0 radical (unpaired) electrons. The van der Waals surface area contributed by atoms with Gasteiger partial charge in [0, 0.05) is 11.6 Å². The number of ketones is 1. The van der Waals surface area contributed by atoms with Crippen LogP contribution in [0, 0.1) is 5.92 Å². The number of anilines is 1. The molecule has 0 amide bonds. The molecule has 0 aliphatic heterocycles. The van der Waals surface area contributed by atoms with Crippen molar-refractivity contribution in [2.24, 2.45) is 5.92 Å². The number of hydrogen-bond donors (Lipinski definition) is 2. The summed E-state index contributed by atoms with van der Waals surface area (Å²) in [5, 5.41) is 11.8. The predicted octanol–water partition coefficient (Wildman–Crippen LogP) is 2.56. The maximum absolute atomic E-state index is 11.8. The summed E-state index contributed by atoms with van der Waals surface area (Å²) in [6.45, 7) is 0.330. The second-order valence-electron chi connectivity index (χ2n) is 4.68. The summed E-state index contributed by atoms with van der Waals surface area (Å²) in [6, 6.07) is 6.44. The fourth-order valence-corrected chi connectivity index (χ4v) is 2.31. The van der Waals surface area contributed by atoms with Gasteiger partial charge in [0.15, 0.2) is 5.78 Å². The van der Waals surface area contributed by atoms with Gasteiger partial charge in [-0.3, -0.25) is 4.79 Å². The normalized spacial score (nSPS) is 15.6. The molecule has 0 spiro atoms. The summed E-state index contributed by atoms with van der Waals surface area (Å²) in [5.41, 5.74) is 1.04. The highest BCUT2D eigenvalue weighted by Crippen LogP contribution is 2.25. The van der Waals surface area contributed by atoms with Gasteiger partial charge in [0.2, 0.25) is 0 Å². The van der Waals surface area contributed by atoms with E-state index in [1.165, 1.54) is 12.1 Å². The maximum Gasteiger partial charge on any atom is 0.335 e. The van der Waals surface area contributed by atoms with Gasteiger partial charge >= 0.3 is 5.97 Å². The molecule has 18 heavy (non-hydrogen) atoms.